The molecule has 0 radical (unpaired) electrons. The fourth-order valence-electron chi connectivity index (χ4n) is 4.04. The van der Waals surface area contributed by atoms with E-state index in [0.717, 1.165) is 39.7 Å². The van der Waals surface area contributed by atoms with Crippen LogP contribution in [-0.4, -0.2) is 45.9 Å². The Morgan fingerprint density at radius 1 is 0.970 bits per heavy atom. The number of rotatable bonds is 9. The molecule has 0 amide bonds. The van der Waals surface area contributed by atoms with Crippen LogP contribution in [0.1, 0.15) is 35.5 Å². The minimum absolute atomic E-state index is 0.154. The largest absolute Gasteiger partial charge is 0.493 e. The summed E-state index contributed by atoms with van der Waals surface area (Å²) in [6.07, 6.45) is 0. The number of aryl methyl sites for hydroxylation is 1. The van der Waals surface area contributed by atoms with Crippen molar-refractivity contribution in [1.82, 2.24) is 25.1 Å². The maximum absolute atomic E-state index is 5.78. The first kappa shape index (κ1) is 22.5. The molecule has 4 rings (SSSR count). The van der Waals surface area contributed by atoms with E-state index in [1.807, 2.05) is 60.1 Å². The Labute approximate surface area is 194 Å². The zero-order valence-corrected chi connectivity index (χ0v) is 19.5. The van der Waals surface area contributed by atoms with Crippen molar-refractivity contribution in [3.63, 3.8) is 0 Å². The van der Waals surface area contributed by atoms with Crippen molar-refractivity contribution in [2.24, 2.45) is 0 Å². The van der Waals surface area contributed by atoms with Crippen LogP contribution >= 0.6 is 0 Å². The summed E-state index contributed by atoms with van der Waals surface area (Å²) in [5.74, 6) is 2.23. The molecule has 0 fully saturated rings. The number of benzene rings is 3. The Morgan fingerprint density at radius 2 is 1.73 bits per heavy atom. The highest BCUT2D eigenvalue weighted by molar-refractivity contribution is 5.43. The minimum Gasteiger partial charge on any atom is -0.493 e. The van der Waals surface area contributed by atoms with Gasteiger partial charge < -0.3 is 9.47 Å². The van der Waals surface area contributed by atoms with Gasteiger partial charge in [-0.1, -0.05) is 54.6 Å². The van der Waals surface area contributed by atoms with Gasteiger partial charge in [-0.25, -0.2) is 0 Å². The van der Waals surface area contributed by atoms with Crippen molar-refractivity contribution >= 4 is 0 Å². The highest BCUT2D eigenvalue weighted by atomic mass is 16.5. The van der Waals surface area contributed by atoms with Gasteiger partial charge in [-0.3, -0.25) is 4.90 Å². The third-order valence-corrected chi connectivity index (χ3v) is 5.60. The van der Waals surface area contributed by atoms with Crippen molar-refractivity contribution in [1.29, 1.82) is 0 Å². The smallest absolute Gasteiger partial charge is 0.178 e. The van der Waals surface area contributed by atoms with E-state index in [0.29, 0.717) is 13.2 Å². The molecule has 0 saturated heterocycles. The van der Waals surface area contributed by atoms with Gasteiger partial charge in [-0.15, -0.1) is 5.10 Å². The first-order valence-electron chi connectivity index (χ1n) is 11.0. The Hall–Kier alpha value is -3.71. The summed E-state index contributed by atoms with van der Waals surface area (Å²) < 4.78 is 13.1. The fourth-order valence-corrected chi connectivity index (χ4v) is 4.04. The molecule has 0 spiro atoms. The molecular formula is C26H29N5O2. The van der Waals surface area contributed by atoms with Crippen LogP contribution in [0.15, 0.2) is 72.8 Å². The van der Waals surface area contributed by atoms with Crippen LogP contribution in [0.4, 0.5) is 0 Å². The number of methoxy groups -OCH3 is 1. The number of ether oxygens (including phenoxy) is 2. The highest BCUT2D eigenvalue weighted by Crippen LogP contribution is 2.32. The average molecular weight is 444 g/mol. The molecular weight excluding hydrogens is 414 g/mol. The SMILES string of the molecule is CCOc1cc(CN(C)[C@@H](c2ccccc2)c2nnnn2-c2ccccc2C)ccc1OC. The molecule has 33 heavy (non-hydrogen) atoms. The zero-order valence-electron chi connectivity index (χ0n) is 19.5. The van der Waals surface area contributed by atoms with E-state index in [2.05, 4.69) is 58.7 Å². The Balaban J connectivity index is 1.73. The van der Waals surface area contributed by atoms with Crippen LogP contribution in [0.5, 0.6) is 11.5 Å². The third-order valence-electron chi connectivity index (χ3n) is 5.60. The normalized spacial score (nSPS) is 12.0. The second-order valence-corrected chi connectivity index (χ2v) is 7.88. The lowest BCUT2D eigenvalue weighted by Crippen LogP contribution is -2.28. The van der Waals surface area contributed by atoms with Gasteiger partial charge in [0.15, 0.2) is 17.3 Å². The monoisotopic (exact) mass is 443 g/mol. The number of hydrogen-bond donors (Lipinski definition) is 0. The summed E-state index contributed by atoms with van der Waals surface area (Å²) in [4.78, 5) is 2.24. The molecule has 1 atom stereocenters. The lowest BCUT2D eigenvalue weighted by molar-refractivity contribution is 0.257. The Bertz CT molecular complexity index is 1190. The Morgan fingerprint density at radius 3 is 2.45 bits per heavy atom. The van der Waals surface area contributed by atoms with Crippen LogP contribution in [0, 0.1) is 6.92 Å². The summed E-state index contributed by atoms with van der Waals surface area (Å²) in [7, 11) is 3.74. The van der Waals surface area contributed by atoms with Crippen molar-refractivity contribution in [2.75, 3.05) is 20.8 Å². The molecule has 0 saturated carbocycles. The van der Waals surface area contributed by atoms with E-state index in [4.69, 9.17) is 9.47 Å². The summed E-state index contributed by atoms with van der Waals surface area (Å²) in [5.41, 5.74) is 4.30. The molecule has 0 aliphatic carbocycles. The summed E-state index contributed by atoms with van der Waals surface area (Å²) >= 11 is 0. The Kier molecular flexibility index (Phi) is 7.00. The van der Waals surface area contributed by atoms with Crippen molar-refractivity contribution < 1.29 is 9.47 Å². The molecule has 0 bridgehead atoms. The zero-order chi connectivity index (χ0) is 23.2. The quantitative estimate of drug-likeness (QED) is 0.377. The molecule has 1 aromatic heterocycles. The molecule has 0 aliphatic rings. The van der Waals surface area contributed by atoms with Crippen LogP contribution < -0.4 is 9.47 Å². The van der Waals surface area contributed by atoms with Crippen LogP contribution in [0.2, 0.25) is 0 Å². The molecule has 0 N–H and O–H groups in total. The van der Waals surface area contributed by atoms with E-state index in [9.17, 15) is 0 Å². The predicted molar refractivity (Wildman–Crippen MR) is 128 cm³/mol. The van der Waals surface area contributed by atoms with Crippen molar-refractivity contribution in [2.45, 2.75) is 26.4 Å². The van der Waals surface area contributed by atoms with Crippen molar-refractivity contribution in [3.8, 4) is 17.2 Å². The van der Waals surface area contributed by atoms with Crippen LogP contribution in [0.25, 0.3) is 5.69 Å². The minimum atomic E-state index is -0.154. The molecule has 3 aromatic carbocycles. The van der Waals surface area contributed by atoms with Gasteiger partial charge in [0, 0.05) is 6.54 Å². The van der Waals surface area contributed by atoms with Gasteiger partial charge in [-0.2, -0.15) is 4.68 Å². The number of tetrazole rings is 1. The lowest BCUT2D eigenvalue weighted by atomic mass is 10.0. The predicted octanol–water partition coefficient (Wildman–Crippen LogP) is 4.60. The summed E-state index contributed by atoms with van der Waals surface area (Å²) in [5, 5.41) is 12.8. The summed E-state index contributed by atoms with van der Waals surface area (Å²) in [6.45, 7) is 5.28. The third kappa shape index (κ3) is 4.88. The molecule has 4 aromatic rings. The molecule has 1 heterocycles. The lowest BCUT2D eigenvalue weighted by Gasteiger charge is -2.28. The molecule has 170 valence electrons. The average Bonchev–Trinajstić information content (AvgIpc) is 3.30. The van der Waals surface area contributed by atoms with E-state index < -0.39 is 0 Å². The van der Waals surface area contributed by atoms with Crippen LogP contribution in [-0.2, 0) is 6.54 Å². The number of hydrogen-bond acceptors (Lipinski definition) is 6. The highest BCUT2D eigenvalue weighted by Gasteiger charge is 2.27. The molecule has 7 nitrogen and oxygen atoms in total. The maximum atomic E-state index is 5.78. The molecule has 0 aliphatic heterocycles. The van der Waals surface area contributed by atoms with Gasteiger partial charge in [0.2, 0.25) is 0 Å². The first-order valence-corrected chi connectivity index (χ1v) is 11.0. The molecule has 0 unspecified atom stereocenters. The summed E-state index contributed by atoms with van der Waals surface area (Å²) in [6, 6.07) is 24.3. The number of para-hydroxylation sites is 1. The maximum Gasteiger partial charge on any atom is 0.178 e. The second kappa shape index (κ2) is 10.3. The van der Waals surface area contributed by atoms with E-state index in [-0.39, 0.29) is 6.04 Å². The number of nitrogens with zero attached hydrogens (tertiary/aromatic N) is 5. The van der Waals surface area contributed by atoms with Gasteiger partial charge in [-0.05, 0) is 66.2 Å². The topological polar surface area (TPSA) is 65.3 Å². The fraction of sp³-hybridized carbons (Fsp3) is 0.269. The van der Waals surface area contributed by atoms with Gasteiger partial charge in [0.25, 0.3) is 0 Å². The second-order valence-electron chi connectivity index (χ2n) is 7.88. The van der Waals surface area contributed by atoms with E-state index >= 15 is 0 Å². The first-order chi connectivity index (χ1) is 16.1. The standard InChI is InChI=1S/C26H29N5O2/c1-5-33-24-17-20(15-16-23(24)32-4)18-30(3)25(21-12-7-6-8-13-21)26-27-28-29-31(26)22-14-10-9-11-19(22)2/h6-17,25H,5,18H2,1-4H3/t25-/m0/s1. The van der Waals surface area contributed by atoms with Crippen molar-refractivity contribution in [3.05, 3.63) is 95.3 Å². The van der Waals surface area contributed by atoms with E-state index in [1.165, 1.54) is 0 Å². The van der Waals surface area contributed by atoms with Gasteiger partial charge in [0.05, 0.1) is 25.4 Å². The number of aromatic nitrogens is 4. The van der Waals surface area contributed by atoms with E-state index in [1.54, 1.807) is 7.11 Å². The van der Waals surface area contributed by atoms with Crippen LogP contribution in [0.3, 0.4) is 0 Å². The van der Waals surface area contributed by atoms with Gasteiger partial charge >= 0.3 is 0 Å². The molecule has 7 heteroatoms. The van der Waals surface area contributed by atoms with Gasteiger partial charge in [0.1, 0.15) is 0 Å².